The molecule has 0 aromatic rings. The van der Waals surface area contributed by atoms with Gasteiger partial charge in [-0.2, -0.15) is 0 Å². The highest BCUT2D eigenvalue weighted by atomic mass is 16.5. The fourth-order valence-corrected chi connectivity index (χ4v) is 1.64. The van der Waals surface area contributed by atoms with Crippen molar-refractivity contribution >= 4 is 0 Å². The van der Waals surface area contributed by atoms with Gasteiger partial charge in [0.15, 0.2) is 0 Å². The molecule has 1 fully saturated rings. The van der Waals surface area contributed by atoms with E-state index < -0.39 is 0 Å². The second-order valence-electron chi connectivity index (χ2n) is 3.61. The summed E-state index contributed by atoms with van der Waals surface area (Å²) in [5.41, 5.74) is 5.86. The third-order valence-electron chi connectivity index (χ3n) is 2.63. The Morgan fingerprint density at radius 1 is 1.75 bits per heavy atom. The van der Waals surface area contributed by atoms with Gasteiger partial charge in [-0.05, 0) is 26.2 Å². The molecule has 2 nitrogen and oxygen atoms in total. The van der Waals surface area contributed by atoms with Gasteiger partial charge in [0, 0.05) is 19.1 Å². The summed E-state index contributed by atoms with van der Waals surface area (Å²) < 4.78 is 5.61. The number of terminal acetylenes is 1. The number of hydrogen-bond donors (Lipinski definition) is 1. The maximum absolute atomic E-state index is 5.98. The Kier molecular flexibility index (Phi) is 3.13. The molecule has 0 spiro atoms. The Morgan fingerprint density at radius 3 is 3.00 bits per heavy atom. The zero-order chi connectivity index (χ0) is 9.03. The van der Waals surface area contributed by atoms with Crippen LogP contribution in [-0.2, 0) is 4.74 Å². The Labute approximate surface area is 74.5 Å². The van der Waals surface area contributed by atoms with Crippen molar-refractivity contribution in [3.8, 4) is 12.3 Å². The number of rotatable bonds is 3. The van der Waals surface area contributed by atoms with Crippen molar-refractivity contribution in [3.63, 3.8) is 0 Å². The monoisotopic (exact) mass is 167 g/mol. The quantitative estimate of drug-likeness (QED) is 0.643. The van der Waals surface area contributed by atoms with Crippen molar-refractivity contribution in [2.24, 2.45) is 5.73 Å². The molecule has 0 aromatic carbocycles. The standard InChI is InChI=1S/C10H17NO/c1-3-4-6-9(11)10(2)7-5-8-12-10/h1,9H,4-8,11H2,2H3. The molecule has 2 atom stereocenters. The molecule has 12 heavy (non-hydrogen) atoms. The van der Waals surface area contributed by atoms with Crippen LogP contribution in [0.3, 0.4) is 0 Å². The van der Waals surface area contributed by atoms with Crippen LogP contribution in [0, 0.1) is 12.3 Å². The molecule has 2 unspecified atom stereocenters. The van der Waals surface area contributed by atoms with Crippen LogP contribution in [0.25, 0.3) is 0 Å². The van der Waals surface area contributed by atoms with Gasteiger partial charge >= 0.3 is 0 Å². The SMILES string of the molecule is C#CCCC(N)C1(C)CCCO1. The second-order valence-corrected chi connectivity index (χ2v) is 3.61. The number of hydrogen-bond acceptors (Lipinski definition) is 2. The Hall–Kier alpha value is -0.520. The maximum atomic E-state index is 5.98. The average molecular weight is 167 g/mol. The van der Waals surface area contributed by atoms with E-state index in [0.29, 0.717) is 0 Å². The lowest BCUT2D eigenvalue weighted by atomic mass is 9.91. The normalized spacial score (nSPS) is 31.4. The summed E-state index contributed by atoms with van der Waals surface area (Å²) in [4.78, 5) is 0. The van der Waals surface area contributed by atoms with Crippen LogP contribution in [0.4, 0.5) is 0 Å². The summed E-state index contributed by atoms with van der Waals surface area (Å²) >= 11 is 0. The highest BCUT2D eigenvalue weighted by Gasteiger charge is 2.35. The lowest BCUT2D eigenvalue weighted by molar-refractivity contribution is -0.00268. The fourth-order valence-electron chi connectivity index (χ4n) is 1.64. The third kappa shape index (κ3) is 2.00. The molecule has 0 saturated carbocycles. The van der Waals surface area contributed by atoms with E-state index in [1.165, 1.54) is 0 Å². The van der Waals surface area contributed by atoms with Gasteiger partial charge < -0.3 is 10.5 Å². The van der Waals surface area contributed by atoms with Gasteiger partial charge in [-0.1, -0.05) is 0 Å². The van der Waals surface area contributed by atoms with E-state index in [4.69, 9.17) is 16.9 Å². The second kappa shape index (κ2) is 3.93. The van der Waals surface area contributed by atoms with E-state index >= 15 is 0 Å². The minimum Gasteiger partial charge on any atom is -0.374 e. The molecule has 0 amide bonds. The van der Waals surface area contributed by atoms with Crippen molar-refractivity contribution < 1.29 is 4.74 Å². The summed E-state index contributed by atoms with van der Waals surface area (Å²) in [5.74, 6) is 2.60. The van der Waals surface area contributed by atoms with E-state index in [1.54, 1.807) is 0 Å². The molecule has 0 aliphatic carbocycles. The van der Waals surface area contributed by atoms with Crippen LogP contribution in [0.1, 0.15) is 32.6 Å². The molecule has 1 aliphatic heterocycles. The van der Waals surface area contributed by atoms with E-state index in [0.717, 1.165) is 32.3 Å². The largest absolute Gasteiger partial charge is 0.374 e. The molecule has 1 aliphatic rings. The van der Waals surface area contributed by atoms with E-state index in [2.05, 4.69) is 12.8 Å². The van der Waals surface area contributed by atoms with Crippen LogP contribution in [0.2, 0.25) is 0 Å². The molecule has 0 radical (unpaired) electrons. The van der Waals surface area contributed by atoms with Crippen molar-refractivity contribution in [3.05, 3.63) is 0 Å². The summed E-state index contributed by atoms with van der Waals surface area (Å²) in [6, 6.07) is 0.0936. The summed E-state index contributed by atoms with van der Waals surface area (Å²) in [6.45, 7) is 2.93. The third-order valence-corrected chi connectivity index (χ3v) is 2.63. The predicted octanol–water partition coefficient (Wildman–Crippen LogP) is 1.30. The van der Waals surface area contributed by atoms with E-state index in [-0.39, 0.29) is 11.6 Å². The first-order valence-corrected chi connectivity index (χ1v) is 4.52. The molecule has 2 N–H and O–H groups in total. The molecule has 1 heterocycles. The first-order valence-electron chi connectivity index (χ1n) is 4.52. The molecule has 1 rings (SSSR count). The minimum atomic E-state index is -0.114. The molecule has 2 heteroatoms. The topological polar surface area (TPSA) is 35.2 Å². The van der Waals surface area contributed by atoms with Gasteiger partial charge in [0.2, 0.25) is 0 Å². The van der Waals surface area contributed by atoms with Gasteiger partial charge in [-0.25, -0.2) is 0 Å². The lowest BCUT2D eigenvalue weighted by Gasteiger charge is -2.29. The van der Waals surface area contributed by atoms with Crippen LogP contribution < -0.4 is 5.73 Å². The summed E-state index contributed by atoms with van der Waals surface area (Å²) in [7, 11) is 0. The van der Waals surface area contributed by atoms with Crippen molar-refractivity contribution in [2.45, 2.75) is 44.2 Å². The van der Waals surface area contributed by atoms with Crippen molar-refractivity contribution in [1.29, 1.82) is 0 Å². The smallest absolute Gasteiger partial charge is 0.0805 e. The highest BCUT2D eigenvalue weighted by molar-refractivity contribution is 4.94. The minimum absolute atomic E-state index is 0.0936. The van der Waals surface area contributed by atoms with Crippen LogP contribution in [0.15, 0.2) is 0 Å². The van der Waals surface area contributed by atoms with Crippen molar-refractivity contribution in [1.82, 2.24) is 0 Å². The van der Waals surface area contributed by atoms with Gasteiger partial charge in [0.25, 0.3) is 0 Å². The zero-order valence-electron chi connectivity index (χ0n) is 7.68. The van der Waals surface area contributed by atoms with Crippen LogP contribution in [-0.4, -0.2) is 18.2 Å². The van der Waals surface area contributed by atoms with Gasteiger partial charge in [-0.3, -0.25) is 0 Å². The van der Waals surface area contributed by atoms with E-state index in [9.17, 15) is 0 Å². The molecule has 0 aromatic heterocycles. The van der Waals surface area contributed by atoms with Crippen molar-refractivity contribution in [2.75, 3.05) is 6.61 Å². The number of nitrogens with two attached hydrogens (primary N) is 1. The van der Waals surface area contributed by atoms with Gasteiger partial charge in [-0.15, -0.1) is 12.3 Å². The zero-order valence-corrected chi connectivity index (χ0v) is 7.68. The molecule has 68 valence electrons. The Morgan fingerprint density at radius 2 is 2.50 bits per heavy atom. The Balaban J connectivity index is 2.39. The van der Waals surface area contributed by atoms with Gasteiger partial charge in [0.05, 0.1) is 5.60 Å². The average Bonchev–Trinajstić information content (AvgIpc) is 2.49. The first kappa shape index (κ1) is 9.57. The molecule has 0 bridgehead atoms. The summed E-state index contributed by atoms with van der Waals surface area (Å²) in [6.07, 6.45) is 8.98. The highest BCUT2D eigenvalue weighted by Crippen LogP contribution is 2.29. The van der Waals surface area contributed by atoms with E-state index in [1.807, 2.05) is 0 Å². The Bertz CT molecular complexity index is 177. The van der Waals surface area contributed by atoms with Crippen LogP contribution >= 0.6 is 0 Å². The van der Waals surface area contributed by atoms with Gasteiger partial charge in [0.1, 0.15) is 0 Å². The maximum Gasteiger partial charge on any atom is 0.0805 e. The lowest BCUT2D eigenvalue weighted by Crippen LogP contribution is -2.44. The van der Waals surface area contributed by atoms with Crippen LogP contribution in [0.5, 0.6) is 0 Å². The first-order chi connectivity index (χ1) is 5.69. The summed E-state index contributed by atoms with van der Waals surface area (Å²) in [5, 5.41) is 0. The molecular formula is C10H17NO. The molecule has 1 saturated heterocycles. The fraction of sp³-hybridized carbons (Fsp3) is 0.800. The predicted molar refractivity (Wildman–Crippen MR) is 49.6 cm³/mol. The number of ether oxygens (including phenoxy) is 1. The molecular weight excluding hydrogens is 150 g/mol.